The summed E-state index contributed by atoms with van der Waals surface area (Å²) in [6.07, 6.45) is 10.5. The van der Waals surface area contributed by atoms with Crippen LogP contribution in [0.2, 0.25) is 0 Å². The van der Waals surface area contributed by atoms with Gasteiger partial charge in [-0.05, 0) is 52.9 Å². The first kappa shape index (κ1) is 51.7. The Morgan fingerprint density at radius 3 is 1.60 bits per heavy atom. The first-order valence-corrected chi connectivity index (χ1v) is 24.0. The molecule has 4 aliphatic heterocycles. The molecule has 376 valence electrons. The van der Waals surface area contributed by atoms with Crippen LogP contribution in [0.3, 0.4) is 0 Å². The van der Waals surface area contributed by atoms with Gasteiger partial charge in [0.2, 0.25) is 0 Å². The number of aromatic nitrogens is 1. The van der Waals surface area contributed by atoms with E-state index < -0.39 is 0 Å². The lowest BCUT2D eigenvalue weighted by atomic mass is 10.1. The van der Waals surface area contributed by atoms with Gasteiger partial charge in [0.25, 0.3) is 11.8 Å². The van der Waals surface area contributed by atoms with Gasteiger partial charge in [-0.25, -0.2) is 0 Å². The van der Waals surface area contributed by atoms with E-state index in [-0.39, 0.29) is 37.1 Å². The van der Waals surface area contributed by atoms with E-state index in [2.05, 4.69) is 22.0 Å². The monoisotopic (exact) mass is 965 g/mol. The number of aldehydes is 1. The zero-order valence-corrected chi connectivity index (χ0v) is 41.4. The standard InChI is InChI=1S/C52H67N7O11/c1-7-36-22-40-30-53-45-28-49(47(63-5)26-43(45)51(61)58(40)32-36)69-34-38-24-42(68-17-13-57(11-10-56(3)4)12-16-66-19-21-67-20-18-65-15-9-14-60)25-39(55-38)35-70-50-29-46-44(27-48(50)64-6)52(62)59-33-37(8-2)23-41(59)31-54-46/h7-8,14,24-31,40-41H,9-13,15-23,32-35H2,1-6H3/b36-7+,37-8+/t40-,41?/m0/s1. The average molecular weight is 966 g/mol. The molecule has 0 spiro atoms. The molecule has 18 heteroatoms. The summed E-state index contributed by atoms with van der Waals surface area (Å²) in [6, 6.07) is 10.3. The number of rotatable bonds is 27. The van der Waals surface area contributed by atoms with Crippen LogP contribution in [-0.4, -0.2) is 181 Å². The summed E-state index contributed by atoms with van der Waals surface area (Å²) in [6.45, 7) is 11.3. The van der Waals surface area contributed by atoms with Gasteiger partial charge < -0.3 is 57.4 Å². The van der Waals surface area contributed by atoms with Crippen molar-refractivity contribution in [2.24, 2.45) is 9.98 Å². The summed E-state index contributed by atoms with van der Waals surface area (Å²) in [4.78, 5) is 60.4. The molecule has 18 nitrogen and oxygen atoms in total. The molecule has 2 saturated heterocycles. The van der Waals surface area contributed by atoms with Crippen LogP contribution in [0.4, 0.5) is 11.4 Å². The molecular weight excluding hydrogens is 899 g/mol. The Bertz CT molecular complexity index is 2290. The second-order valence-corrected chi connectivity index (χ2v) is 17.5. The van der Waals surface area contributed by atoms with E-state index in [9.17, 15) is 14.4 Å². The predicted octanol–water partition coefficient (Wildman–Crippen LogP) is 5.89. The van der Waals surface area contributed by atoms with E-state index in [1.54, 1.807) is 38.5 Å². The summed E-state index contributed by atoms with van der Waals surface area (Å²) >= 11 is 0. The van der Waals surface area contributed by atoms with Crippen molar-refractivity contribution in [3.8, 4) is 28.7 Å². The molecule has 7 rings (SSSR count). The molecule has 1 unspecified atom stereocenters. The number of hydrogen-bond donors (Lipinski definition) is 0. The topological polar surface area (TPSA) is 176 Å². The lowest BCUT2D eigenvalue weighted by Crippen LogP contribution is -2.37. The molecule has 5 heterocycles. The van der Waals surface area contributed by atoms with Crippen molar-refractivity contribution in [1.82, 2.24) is 24.6 Å². The lowest BCUT2D eigenvalue weighted by molar-refractivity contribution is -0.109. The second kappa shape index (κ2) is 25.6. The fraction of sp³-hybridized carbons (Fsp3) is 0.500. The highest BCUT2D eigenvalue weighted by molar-refractivity contribution is 6.04. The van der Waals surface area contributed by atoms with Crippen LogP contribution < -0.4 is 23.7 Å². The largest absolute Gasteiger partial charge is 0.493 e. The highest BCUT2D eigenvalue weighted by Crippen LogP contribution is 2.41. The van der Waals surface area contributed by atoms with Crippen molar-refractivity contribution in [2.75, 3.05) is 114 Å². The number of amides is 2. The number of carbonyl (C=O) groups is 3. The molecule has 0 bridgehead atoms. The average Bonchev–Trinajstić information content (AvgIpc) is 3.94. The molecule has 0 radical (unpaired) electrons. The zero-order chi connectivity index (χ0) is 49.4. The number of pyridine rings is 1. The smallest absolute Gasteiger partial charge is 0.257 e. The quantitative estimate of drug-likeness (QED) is 0.0502. The number of methoxy groups -OCH3 is 2. The van der Waals surface area contributed by atoms with Gasteiger partial charge >= 0.3 is 0 Å². The van der Waals surface area contributed by atoms with Crippen molar-refractivity contribution < 1.29 is 52.3 Å². The summed E-state index contributed by atoms with van der Waals surface area (Å²) in [5, 5.41) is 0. The second-order valence-electron chi connectivity index (χ2n) is 17.5. The minimum Gasteiger partial charge on any atom is -0.493 e. The zero-order valence-electron chi connectivity index (χ0n) is 41.4. The number of hydrogen-bond acceptors (Lipinski definition) is 16. The number of nitrogens with zero attached hydrogens (tertiary/aromatic N) is 7. The molecule has 0 N–H and O–H groups in total. The van der Waals surface area contributed by atoms with E-state index in [0.717, 1.165) is 32.2 Å². The Kier molecular flexibility index (Phi) is 18.9. The number of benzene rings is 2. The van der Waals surface area contributed by atoms with Crippen LogP contribution >= 0.6 is 0 Å². The summed E-state index contributed by atoms with van der Waals surface area (Å²) < 4.78 is 47.6. The molecule has 1 aromatic heterocycles. The fourth-order valence-corrected chi connectivity index (χ4v) is 8.52. The van der Waals surface area contributed by atoms with Crippen molar-refractivity contribution in [1.29, 1.82) is 0 Å². The number of ether oxygens (including phenoxy) is 8. The molecule has 0 aliphatic carbocycles. The molecule has 70 heavy (non-hydrogen) atoms. The van der Waals surface area contributed by atoms with Gasteiger partial charge in [-0.3, -0.25) is 29.5 Å². The summed E-state index contributed by atoms with van der Waals surface area (Å²) in [5.41, 5.74) is 5.43. The van der Waals surface area contributed by atoms with Crippen molar-refractivity contribution in [3.63, 3.8) is 0 Å². The SMILES string of the molecule is C/C=C1\CC2C=Nc3cc(OCc4cc(OCCN(CCOCCOCCOCCC=O)CCN(C)C)cc(COc5cc6c(cc5OC)C(=O)N5C/C(=C/C)C[C@H]5C=N6)n4)c(OC)cc3C(=O)N2C1. The van der Waals surface area contributed by atoms with Crippen molar-refractivity contribution in [3.05, 3.63) is 82.2 Å². The molecule has 2 aromatic carbocycles. The normalized spacial score (nSPS) is 18.3. The van der Waals surface area contributed by atoms with Gasteiger partial charge in [-0.2, -0.15) is 0 Å². The first-order chi connectivity index (χ1) is 34.1. The maximum atomic E-state index is 13.7. The van der Waals surface area contributed by atoms with Crippen molar-refractivity contribution in [2.45, 2.75) is 58.4 Å². The Morgan fingerprint density at radius 1 is 0.614 bits per heavy atom. The summed E-state index contributed by atoms with van der Waals surface area (Å²) in [5.74, 6) is 1.97. The van der Waals surface area contributed by atoms with Crippen LogP contribution in [0.5, 0.6) is 28.7 Å². The Morgan fingerprint density at radius 2 is 1.11 bits per heavy atom. The van der Waals surface area contributed by atoms with Gasteiger partial charge in [0.15, 0.2) is 23.0 Å². The van der Waals surface area contributed by atoms with Crippen LogP contribution in [0.1, 0.15) is 65.2 Å². The van der Waals surface area contributed by atoms with E-state index in [4.69, 9.17) is 52.9 Å². The van der Waals surface area contributed by atoms with E-state index >= 15 is 0 Å². The van der Waals surface area contributed by atoms with Gasteiger partial charge in [0.05, 0.1) is 99.8 Å². The molecule has 0 saturated carbocycles. The molecule has 2 atom stereocenters. The molecular formula is C52H67N7O11. The van der Waals surface area contributed by atoms with Gasteiger partial charge in [0.1, 0.15) is 31.9 Å². The van der Waals surface area contributed by atoms with E-state index in [0.29, 0.717) is 141 Å². The molecule has 3 aromatic rings. The fourth-order valence-electron chi connectivity index (χ4n) is 8.52. The Hall–Kier alpha value is -6.18. The number of allylic oxidation sites excluding steroid dienone is 2. The van der Waals surface area contributed by atoms with Gasteiger partial charge in [0, 0.05) is 82.4 Å². The van der Waals surface area contributed by atoms with E-state index in [1.807, 2.05) is 62.3 Å². The molecule has 2 fully saturated rings. The highest BCUT2D eigenvalue weighted by atomic mass is 16.5. The van der Waals surface area contributed by atoms with Crippen LogP contribution in [-0.2, 0) is 32.2 Å². The number of aliphatic imine (C=N–C) groups is 2. The number of likely N-dealkylation sites (N-methyl/N-ethyl adjacent to an activating group) is 1. The summed E-state index contributed by atoms with van der Waals surface area (Å²) in [7, 11) is 7.17. The number of fused-ring (bicyclic) bond motifs is 4. The van der Waals surface area contributed by atoms with Gasteiger partial charge in [-0.1, -0.05) is 23.3 Å². The Labute approximate surface area is 410 Å². The van der Waals surface area contributed by atoms with Crippen LogP contribution in [0.15, 0.2) is 69.7 Å². The molecule has 4 aliphatic rings. The minimum atomic E-state index is -0.115. The first-order valence-electron chi connectivity index (χ1n) is 24.0. The Balaban J connectivity index is 1.05. The minimum absolute atomic E-state index is 0.0329. The number of carbonyl (C=O) groups excluding carboxylic acids is 3. The van der Waals surface area contributed by atoms with Crippen molar-refractivity contribution >= 4 is 41.9 Å². The predicted molar refractivity (Wildman–Crippen MR) is 265 cm³/mol. The third kappa shape index (κ3) is 13.6. The third-order valence-electron chi connectivity index (χ3n) is 12.5. The van der Waals surface area contributed by atoms with Crippen LogP contribution in [0.25, 0.3) is 0 Å². The van der Waals surface area contributed by atoms with Crippen LogP contribution in [0, 0.1) is 0 Å². The lowest BCUT2D eigenvalue weighted by Gasteiger charge is -2.24. The van der Waals surface area contributed by atoms with E-state index in [1.165, 1.54) is 11.1 Å². The maximum Gasteiger partial charge on any atom is 0.257 e. The maximum absolute atomic E-state index is 13.7. The highest BCUT2D eigenvalue weighted by Gasteiger charge is 2.36. The third-order valence-corrected chi connectivity index (χ3v) is 12.5. The molecule has 2 amide bonds. The van der Waals surface area contributed by atoms with Gasteiger partial charge in [-0.15, -0.1) is 0 Å².